The highest BCUT2D eigenvalue weighted by molar-refractivity contribution is 6.30. The highest BCUT2D eigenvalue weighted by Gasteiger charge is 2.23. The van der Waals surface area contributed by atoms with Crippen LogP contribution in [0.5, 0.6) is 5.75 Å². The van der Waals surface area contributed by atoms with E-state index in [1.54, 1.807) is 38.1 Å². The average molecular weight is 314 g/mol. The van der Waals surface area contributed by atoms with Gasteiger partial charge < -0.3 is 15.2 Å². The maximum atomic E-state index is 12.0. The van der Waals surface area contributed by atoms with Crippen LogP contribution in [0.3, 0.4) is 0 Å². The summed E-state index contributed by atoms with van der Waals surface area (Å²) in [5, 5.41) is 12.9. The van der Waals surface area contributed by atoms with Gasteiger partial charge in [-0.2, -0.15) is 0 Å². The molecule has 1 amide bonds. The van der Waals surface area contributed by atoms with Gasteiger partial charge in [-0.3, -0.25) is 4.79 Å². The lowest BCUT2D eigenvalue weighted by atomic mass is 9.87. The lowest BCUT2D eigenvalue weighted by Crippen LogP contribution is -2.41. The third-order valence-corrected chi connectivity index (χ3v) is 3.34. The molecule has 0 aromatic heterocycles. The van der Waals surface area contributed by atoms with Crippen molar-refractivity contribution in [1.29, 1.82) is 0 Å². The molecule has 2 unspecified atom stereocenters. The SMILES string of the molecule is CC(O)CC(C)(C)CNC(=O)C(C)Oc1ccc(Cl)cc1. The van der Waals surface area contributed by atoms with Crippen LogP contribution < -0.4 is 10.1 Å². The summed E-state index contributed by atoms with van der Waals surface area (Å²) in [5.41, 5.74) is -0.163. The molecule has 1 aromatic rings. The molecule has 2 atom stereocenters. The van der Waals surface area contributed by atoms with E-state index in [0.717, 1.165) is 0 Å². The number of carbonyl (C=O) groups is 1. The number of rotatable bonds is 7. The van der Waals surface area contributed by atoms with E-state index >= 15 is 0 Å². The van der Waals surface area contributed by atoms with Gasteiger partial charge in [-0.15, -0.1) is 0 Å². The molecule has 0 heterocycles. The molecule has 0 aliphatic heterocycles. The maximum absolute atomic E-state index is 12.0. The Morgan fingerprint density at radius 3 is 2.43 bits per heavy atom. The van der Waals surface area contributed by atoms with Crippen molar-refractivity contribution in [2.24, 2.45) is 5.41 Å². The molecule has 118 valence electrons. The van der Waals surface area contributed by atoms with Crippen LogP contribution in [-0.2, 0) is 4.79 Å². The van der Waals surface area contributed by atoms with Gasteiger partial charge >= 0.3 is 0 Å². The molecular formula is C16H24ClNO3. The Bertz CT molecular complexity index is 457. The van der Waals surface area contributed by atoms with Crippen molar-refractivity contribution in [3.05, 3.63) is 29.3 Å². The molecule has 5 heteroatoms. The Morgan fingerprint density at radius 2 is 1.90 bits per heavy atom. The average Bonchev–Trinajstić information content (AvgIpc) is 2.37. The van der Waals surface area contributed by atoms with Crippen molar-refractivity contribution >= 4 is 17.5 Å². The van der Waals surface area contributed by atoms with E-state index in [4.69, 9.17) is 16.3 Å². The lowest BCUT2D eigenvalue weighted by Gasteiger charge is -2.27. The number of hydrogen-bond donors (Lipinski definition) is 2. The quantitative estimate of drug-likeness (QED) is 0.813. The van der Waals surface area contributed by atoms with E-state index in [9.17, 15) is 9.90 Å². The Morgan fingerprint density at radius 1 is 1.33 bits per heavy atom. The van der Waals surface area contributed by atoms with E-state index < -0.39 is 6.10 Å². The van der Waals surface area contributed by atoms with Gasteiger partial charge in [0.15, 0.2) is 6.10 Å². The molecule has 0 radical (unpaired) electrons. The normalized spacial score (nSPS) is 14.4. The van der Waals surface area contributed by atoms with Crippen LogP contribution in [0, 0.1) is 5.41 Å². The Balaban J connectivity index is 2.46. The zero-order valence-corrected chi connectivity index (χ0v) is 13.8. The van der Waals surface area contributed by atoms with E-state index in [0.29, 0.717) is 23.7 Å². The molecule has 0 fully saturated rings. The molecule has 1 rings (SSSR count). The number of hydrogen-bond acceptors (Lipinski definition) is 3. The Labute approximate surface area is 131 Å². The predicted molar refractivity (Wildman–Crippen MR) is 84.6 cm³/mol. The highest BCUT2D eigenvalue weighted by Crippen LogP contribution is 2.21. The van der Waals surface area contributed by atoms with Crippen molar-refractivity contribution in [3.63, 3.8) is 0 Å². The number of aliphatic hydroxyl groups is 1. The second-order valence-corrected chi connectivity index (χ2v) is 6.59. The fraction of sp³-hybridized carbons (Fsp3) is 0.562. The summed E-state index contributed by atoms with van der Waals surface area (Å²) in [5.74, 6) is 0.425. The largest absolute Gasteiger partial charge is 0.481 e. The molecule has 0 spiro atoms. The van der Waals surface area contributed by atoms with Crippen LogP contribution >= 0.6 is 11.6 Å². The standard InChI is InChI=1S/C16H24ClNO3/c1-11(19)9-16(3,4)10-18-15(20)12(2)21-14-7-5-13(17)6-8-14/h5-8,11-12,19H,9-10H2,1-4H3,(H,18,20). The number of halogens is 1. The molecule has 21 heavy (non-hydrogen) atoms. The van der Waals surface area contributed by atoms with Crippen LogP contribution in [0.25, 0.3) is 0 Å². The fourth-order valence-corrected chi connectivity index (χ4v) is 2.24. The fourth-order valence-electron chi connectivity index (χ4n) is 2.11. The third-order valence-electron chi connectivity index (χ3n) is 3.08. The van der Waals surface area contributed by atoms with Gasteiger partial charge in [0.2, 0.25) is 0 Å². The first-order chi connectivity index (χ1) is 9.69. The number of benzene rings is 1. The smallest absolute Gasteiger partial charge is 0.260 e. The highest BCUT2D eigenvalue weighted by atomic mass is 35.5. The van der Waals surface area contributed by atoms with Crippen LogP contribution in [0.4, 0.5) is 0 Å². The van der Waals surface area contributed by atoms with Gasteiger partial charge in [-0.05, 0) is 49.9 Å². The molecule has 1 aromatic carbocycles. The minimum absolute atomic E-state index is 0.163. The van der Waals surface area contributed by atoms with Gasteiger partial charge in [0.1, 0.15) is 5.75 Å². The lowest BCUT2D eigenvalue weighted by molar-refractivity contribution is -0.127. The summed E-state index contributed by atoms with van der Waals surface area (Å²) in [6.07, 6.45) is -0.354. The van der Waals surface area contributed by atoms with E-state index in [2.05, 4.69) is 5.32 Å². The van der Waals surface area contributed by atoms with Crippen molar-refractivity contribution in [3.8, 4) is 5.75 Å². The molecular weight excluding hydrogens is 290 g/mol. The topological polar surface area (TPSA) is 58.6 Å². The molecule has 0 aliphatic rings. The zero-order valence-electron chi connectivity index (χ0n) is 13.0. The molecule has 2 N–H and O–H groups in total. The number of ether oxygens (including phenoxy) is 1. The molecule has 4 nitrogen and oxygen atoms in total. The number of carbonyl (C=O) groups excluding carboxylic acids is 1. The summed E-state index contributed by atoms with van der Waals surface area (Å²) in [6.45, 7) is 7.95. The van der Waals surface area contributed by atoms with Gasteiger partial charge in [0, 0.05) is 11.6 Å². The minimum Gasteiger partial charge on any atom is -0.481 e. The van der Waals surface area contributed by atoms with Crippen molar-refractivity contribution in [2.45, 2.75) is 46.3 Å². The van der Waals surface area contributed by atoms with Gasteiger partial charge in [-0.25, -0.2) is 0 Å². The summed E-state index contributed by atoms with van der Waals surface area (Å²) in [6, 6.07) is 6.88. The minimum atomic E-state index is -0.589. The van der Waals surface area contributed by atoms with Crippen LogP contribution in [0.2, 0.25) is 5.02 Å². The number of nitrogens with one attached hydrogen (secondary N) is 1. The second kappa shape index (κ2) is 7.66. The molecule has 0 saturated heterocycles. The van der Waals surface area contributed by atoms with Crippen molar-refractivity contribution in [2.75, 3.05) is 6.54 Å². The van der Waals surface area contributed by atoms with Gasteiger partial charge in [-0.1, -0.05) is 25.4 Å². The summed E-state index contributed by atoms with van der Waals surface area (Å²) < 4.78 is 5.56. The first-order valence-corrected chi connectivity index (χ1v) is 7.45. The van der Waals surface area contributed by atoms with Crippen LogP contribution in [0.1, 0.15) is 34.1 Å². The number of amides is 1. The monoisotopic (exact) mass is 313 g/mol. The number of aliphatic hydroxyl groups excluding tert-OH is 1. The van der Waals surface area contributed by atoms with E-state index in [1.165, 1.54) is 0 Å². The third kappa shape index (κ3) is 6.82. The van der Waals surface area contributed by atoms with Gasteiger partial charge in [0.25, 0.3) is 5.91 Å². The molecule has 0 aliphatic carbocycles. The summed E-state index contributed by atoms with van der Waals surface area (Å²) in [7, 11) is 0. The Hall–Kier alpha value is -1.26. The summed E-state index contributed by atoms with van der Waals surface area (Å²) >= 11 is 5.80. The van der Waals surface area contributed by atoms with Crippen molar-refractivity contribution < 1.29 is 14.6 Å². The zero-order chi connectivity index (χ0) is 16.0. The van der Waals surface area contributed by atoms with Crippen LogP contribution in [0.15, 0.2) is 24.3 Å². The van der Waals surface area contributed by atoms with Gasteiger partial charge in [0.05, 0.1) is 6.10 Å². The molecule has 0 bridgehead atoms. The summed E-state index contributed by atoms with van der Waals surface area (Å²) in [4.78, 5) is 12.0. The van der Waals surface area contributed by atoms with Crippen LogP contribution in [-0.4, -0.2) is 29.8 Å². The molecule has 0 saturated carbocycles. The first-order valence-electron chi connectivity index (χ1n) is 7.07. The van der Waals surface area contributed by atoms with E-state index in [-0.39, 0.29) is 17.4 Å². The predicted octanol–water partition coefficient (Wildman–Crippen LogP) is 3.02. The van der Waals surface area contributed by atoms with E-state index in [1.807, 2.05) is 13.8 Å². The second-order valence-electron chi connectivity index (χ2n) is 6.15. The Kier molecular flexibility index (Phi) is 6.49. The van der Waals surface area contributed by atoms with Crippen molar-refractivity contribution in [1.82, 2.24) is 5.32 Å². The first kappa shape index (κ1) is 17.8. The maximum Gasteiger partial charge on any atom is 0.260 e.